The summed E-state index contributed by atoms with van der Waals surface area (Å²) in [6, 6.07) is 0. The minimum absolute atomic E-state index is 0. The molecule has 0 saturated heterocycles. The molecule has 5 heteroatoms. The predicted molar refractivity (Wildman–Crippen MR) is 37.9 cm³/mol. The summed E-state index contributed by atoms with van der Waals surface area (Å²) in [6.45, 7) is 0.696. The minimum atomic E-state index is 0. The Morgan fingerprint density at radius 3 is 1.45 bits per heavy atom. The van der Waals surface area contributed by atoms with Gasteiger partial charge < -0.3 is 19.7 Å². The molecule has 0 aromatic carbocycles. The van der Waals surface area contributed by atoms with Crippen molar-refractivity contribution < 1.29 is 36.8 Å². The van der Waals surface area contributed by atoms with Crippen LogP contribution in [0.4, 0.5) is 0 Å². The van der Waals surface area contributed by atoms with Gasteiger partial charge in [-0.3, -0.25) is 0 Å². The smallest absolute Gasteiger partial charge is 0.0698 e. The molecule has 0 heterocycles. The van der Waals surface area contributed by atoms with E-state index in [1.165, 1.54) is 0 Å². The van der Waals surface area contributed by atoms with Crippen molar-refractivity contribution in [2.75, 3.05) is 40.6 Å². The maximum atomic E-state index is 8.09. The molecule has 0 fully saturated rings. The van der Waals surface area contributed by atoms with E-state index in [1.54, 1.807) is 14.2 Å². The van der Waals surface area contributed by atoms with Crippen molar-refractivity contribution in [2.45, 2.75) is 0 Å². The first-order chi connectivity index (χ1) is 4.83. The Kier molecular flexibility index (Phi) is 35.6. The molecule has 0 unspecified atom stereocenters. The summed E-state index contributed by atoms with van der Waals surface area (Å²) >= 11 is 0. The third-order valence-corrected chi connectivity index (χ3v) is 0.471. The second-order valence-electron chi connectivity index (χ2n) is 1.47. The summed E-state index contributed by atoms with van der Waals surface area (Å²) in [5.74, 6) is 0. The van der Waals surface area contributed by atoms with E-state index in [4.69, 9.17) is 10.2 Å². The Morgan fingerprint density at radius 1 is 1.00 bits per heavy atom. The molecule has 0 aliphatic carbocycles. The second kappa shape index (κ2) is 22.4. The van der Waals surface area contributed by atoms with Crippen molar-refractivity contribution in [3.8, 4) is 0 Å². The molecule has 0 rings (SSSR count). The van der Waals surface area contributed by atoms with Gasteiger partial charge in [0.05, 0.1) is 26.4 Å². The van der Waals surface area contributed by atoms with E-state index in [-0.39, 0.29) is 30.3 Å². The van der Waals surface area contributed by atoms with Crippen LogP contribution < -0.4 is 0 Å². The Hall–Kier alpha value is 0.359. The molecule has 0 atom stereocenters. The minimum Gasteiger partial charge on any atom is -0.394 e. The van der Waals surface area contributed by atoms with E-state index in [0.717, 1.165) is 0 Å². The zero-order chi connectivity index (χ0) is 8.24. The van der Waals surface area contributed by atoms with Crippen LogP contribution in [0.15, 0.2) is 0 Å². The van der Waals surface area contributed by atoms with Crippen LogP contribution in [0.25, 0.3) is 0 Å². The van der Waals surface area contributed by atoms with Crippen LogP contribution in [0.2, 0.25) is 0 Å². The van der Waals surface area contributed by atoms with Crippen molar-refractivity contribution in [2.24, 2.45) is 0 Å². The van der Waals surface area contributed by atoms with Gasteiger partial charge in [-0.15, -0.1) is 0 Å². The molecular weight excluding hydrogens is 192 g/mol. The Bertz CT molecular complexity index is 41.6. The van der Waals surface area contributed by atoms with Gasteiger partial charge in [-0.25, -0.2) is 0 Å². The second-order valence-corrected chi connectivity index (χ2v) is 1.47. The van der Waals surface area contributed by atoms with Crippen LogP contribution >= 0.6 is 0 Å². The molecular formula is C6H16FeO4. The van der Waals surface area contributed by atoms with E-state index in [9.17, 15) is 0 Å². The average Bonchev–Trinajstić information content (AvgIpc) is 1.91. The molecule has 2 N–H and O–H groups in total. The predicted octanol–water partition coefficient (Wildman–Crippen LogP) is -0.752. The third-order valence-electron chi connectivity index (χ3n) is 0.471. The van der Waals surface area contributed by atoms with Gasteiger partial charge in [-0.05, 0) is 0 Å². The largest absolute Gasteiger partial charge is 0.394 e. The van der Waals surface area contributed by atoms with Gasteiger partial charge in [0.25, 0.3) is 0 Å². The monoisotopic (exact) mass is 208 g/mol. The van der Waals surface area contributed by atoms with Gasteiger partial charge in [-0.2, -0.15) is 0 Å². The summed E-state index contributed by atoms with van der Waals surface area (Å²) in [7, 11) is 3.25. The fraction of sp³-hybridized carbons (Fsp3) is 1.00. The van der Waals surface area contributed by atoms with Gasteiger partial charge in [0.1, 0.15) is 0 Å². The number of hydrogen-bond acceptors (Lipinski definition) is 4. The van der Waals surface area contributed by atoms with Crippen molar-refractivity contribution in [1.29, 1.82) is 0 Å². The fourth-order valence-corrected chi connectivity index (χ4v) is 0.231. The Balaban J connectivity index is -0.000000140. The van der Waals surface area contributed by atoms with E-state index in [1.807, 2.05) is 0 Å². The zero-order valence-corrected chi connectivity index (χ0v) is 8.00. The topological polar surface area (TPSA) is 58.9 Å². The number of methoxy groups -OCH3 is 1. The van der Waals surface area contributed by atoms with Crippen LogP contribution in [-0.4, -0.2) is 50.9 Å². The van der Waals surface area contributed by atoms with Gasteiger partial charge in [-0.1, -0.05) is 0 Å². The first kappa shape index (κ1) is 17.4. The third kappa shape index (κ3) is 38.1. The van der Waals surface area contributed by atoms with Crippen molar-refractivity contribution in [3.05, 3.63) is 0 Å². The molecule has 0 radical (unpaired) electrons. The molecule has 0 spiro atoms. The molecule has 0 aromatic heterocycles. The van der Waals surface area contributed by atoms with Gasteiger partial charge in [0.2, 0.25) is 0 Å². The van der Waals surface area contributed by atoms with Crippen molar-refractivity contribution in [1.82, 2.24) is 0 Å². The summed E-state index contributed by atoms with van der Waals surface area (Å²) in [4.78, 5) is 0. The van der Waals surface area contributed by atoms with Gasteiger partial charge in [0.15, 0.2) is 0 Å². The van der Waals surface area contributed by atoms with Crippen LogP contribution in [0.5, 0.6) is 0 Å². The first-order valence-electron chi connectivity index (χ1n) is 3.03. The number of ether oxygens (including phenoxy) is 2. The number of aliphatic hydroxyl groups excluding tert-OH is 2. The first-order valence-corrected chi connectivity index (χ1v) is 3.03. The molecule has 0 bridgehead atoms. The standard InChI is InChI=1S/C4H10O3.C2H6O.Fe/c5-1-3-7-4-2-6;1-3-2;/h5-6H,1-4H2;1-2H3;. The van der Waals surface area contributed by atoms with Crippen molar-refractivity contribution in [3.63, 3.8) is 0 Å². The molecule has 11 heavy (non-hydrogen) atoms. The maximum Gasteiger partial charge on any atom is 0.0698 e. The van der Waals surface area contributed by atoms with E-state index >= 15 is 0 Å². The number of rotatable bonds is 4. The Morgan fingerprint density at radius 2 is 1.27 bits per heavy atom. The van der Waals surface area contributed by atoms with Gasteiger partial charge >= 0.3 is 0 Å². The molecule has 0 saturated carbocycles. The zero-order valence-electron chi connectivity index (χ0n) is 6.89. The number of hydrogen-bond donors (Lipinski definition) is 2. The van der Waals surface area contributed by atoms with E-state index < -0.39 is 0 Å². The molecule has 0 aliphatic rings. The van der Waals surface area contributed by atoms with Crippen molar-refractivity contribution >= 4 is 0 Å². The normalized spacial score (nSPS) is 7.64. The molecule has 72 valence electrons. The summed E-state index contributed by atoms with van der Waals surface area (Å²) < 4.78 is 8.88. The average molecular weight is 208 g/mol. The molecule has 4 nitrogen and oxygen atoms in total. The maximum absolute atomic E-state index is 8.09. The summed E-state index contributed by atoms with van der Waals surface area (Å²) in [5, 5.41) is 16.2. The summed E-state index contributed by atoms with van der Waals surface area (Å²) in [5.41, 5.74) is 0. The van der Waals surface area contributed by atoms with Crippen LogP contribution in [0, 0.1) is 0 Å². The fourth-order valence-electron chi connectivity index (χ4n) is 0.231. The van der Waals surface area contributed by atoms with Crippen LogP contribution in [0.1, 0.15) is 0 Å². The van der Waals surface area contributed by atoms with E-state index in [2.05, 4.69) is 9.47 Å². The molecule has 0 aromatic rings. The van der Waals surface area contributed by atoms with Crippen LogP contribution in [-0.2, 0) is 26.5 Å². The SMILES string of the molecule is COC.OCCOCCO.[Fe]. The quantitative estimate of drug-likeness (QED) is 0.471. The number of aliphatic hydroxyl groups is 2. The summed E-state index contributed by atoms with van der Waals surface area (Å²) in [6.07, 6.45) is 0. The van der Waals surface area contributed by atoms with Gasteiger partial charge in [0, 0.05) is 31.3 Å². The molecule has 0 amide bonds. The molecule has 0 aliphatic heterocycles. The van der Waals surface area contributed by atoms with E-state index in [0.29, 0.717) is 13.2 Å². The van der Waals surface area contributed by atoms with Crippen LogP contribution in [0.3, 0.4) is 0 Å². The Labute approximate surface area is 78.0 Å².